The molecule has 10 heterocycles. The van der Waals surface area contributed by atoms with Gasteiger partial charge in [0.15, 0.2) is 0 Å². The Balaban J connectivity index is 0.000000194. The third-order valence-electron chi connectivity index (χ3n) is 19.6. The van der Waals surface area contributed by atoms with Crippen molar-refractivity contribution < 1.29 is 123 Å². The van der Waals surface area contributed by atoms with Crippen molar-refractivity contribution in [3.8, 4) is 45.0 Å². The number of aromatic nitrogens is 8. The quantitative estimate of drug-likeness (QED) is 0.0195. The number of hydrogen-bond donors (Lipinski definition) is 5. The maximum absolute atomic E-state index is 14.3. The number of halogens is 6. The molecular weight excluding hydrogens is 1670 g/mol. The van der Waals surface area contributed by atoms with Crippen LogP contribution in [0.4, 0.5) is 40.8 Å². The molecule has 14 rings (SSSR count). The van der Waals surface area contributed by atoms with Crippen molar-refractivity contribution in [2.45, 2.75) is 132 Å². The molecule has 10 N–H and O–H groups in total. The van der Waals surface area contributed by atoms with Gasteiger partial charge >= 0.3 is 63.9 Å². The number of nitrogens with zero attached hydrogens (tertiary/aromatic N) is 8. The summed E-state index contributed by atoms with van der Waals surface area (Å²) in [4.78, 5) is 78.7. The van der Waals surface area contributed by atoms with Crippen molar-refractivity contribution in [1.29, 1.82) is 0 Å². The minimum Gasteiger partial charge on any atom is -0.870 e. The molecule has 6 saturated heterocycles. The number of esters is 3. The standard InChI is InChI=1S/C18H21BFN3O4.C15H14FN3O3.C14H12FN3O3.C12H24B2O4.C12H9BrFN3O2.C3H5IO.Li.H2O/c1-17(2)18(3,4)27-19(26-17)13-9-22-15(21)14(23-13)10-6-7-11(12(20)8-10)16(24)25-5;1-21-15(20)10-3-2-8(4-11(10)16)13-14(17)18-5-12(19-13)9-6-22-7-9;15-10-3-7(1-2-9(10)14(19)20)12-13(16)17-4-11(18-12)8-5-21-6-8;1-9(2)10(3,4)16-13(15-9)14-17-11(5,6)12(7,8)18-14;1-19-12(18)7-3-2-6(4-8(7)14)10-11(15)16-5-9(13)17-10;4-3-1-5-2-3;;/h6-9H,1-5H3,(H2,21,22);2-5,9H,6-7H2,1H3,(H2,17,18);1-4,8H,5-6H2,(H2,16,17)(H,19,20);1-8H3;2-5H,1H3,(H2,15,16);3H,1-2H2;;1H2/q;;;;;;+1;/p-1. The number of carboxylic acids is 1. The number of nitrogen functional groups attached to an aromatic ring is 4. The van der Waals surface area contributed by atoms with Crippen LogP contribution < -0.4 is 47.4 Å². The number of alkyl halides is 1. The molecule has 0 amide bonds. The van der Waals surface area contributed by atoms with Crippen LogP contribution in [0.15, 0.2) is 102 Å². The van der Waals surface area contributed by atoms with Gasteiger partial charge in [0.2, 0.25) is 0 Å². The normalized spacial score (nSPS) is 17.6. The Kier molecular flexibility index (Phi) is 31.0. The van der Waals surface area contributed by atoms with Gasteiger partial charge in [-0.15, -0.1) is 0 Å². The van der Waals surface area contributed by atoms with Crippen molar-refractivity contribution in [2.24, 2.45) is 0 Å². The predicted molar refractivity (Wildman–Crippen MR) is 422 cm³/mol. The van der Waals surface area contributed by atoms with Crippen LogP contribution in [0.5, 0.6) is 0 Å². The Morgan fingerprint density at radius 1 is 0.447 bits per heavy atom. The van der Waals surface area contributed by atoms with Gasteiger partial charge in [-0.05, 0) is 148 Å². The maximum Gasteiger partial charge on any atom is 1.00 e. The van der Waals surface area contributed by atoms with Gasteiger partial charge in [-0.3, -0.25) is 4.98 Å². The van der Waals surface area contributed by atoms with Gasteiger partial charge < -0.3 is 89.9 Å². The second kappa shape index (κ2) is 38.1. The first-order valence-electron chi connectivity index (χ1n) is 34.8. The van der Waals surface area contributed by atoms with Gasteiger partial charge in [0.25, 0.3) is 0 Å². The van der Waals surface area contributed by atoms with E-state index < -0.39 is 85.0 Å². The first-order chi connectivity index (χ1) is 52.5. The number of nitrogens with two attached hydrogens (primary N) is 4. The maximum atomic E-state index is 14.3. The molecule has 0 atom stereocenters. The first kappa shape index (κ1) is 92.8. The fraction of sp³-hybridized carbons (Fsp3) is 0.405. The van der Waals surface area contributed by atoms with Crippen LogP contribution in [0.3, 0.4) is 0 Å². The Hall–Kier alpha value is -8.40. The number of rotatable bonds is 12. The van der Waals surface area contributed by atoms with E-state index in [0.717, 1.165) is 34.6 Å². The molecule has 0 spiro atoms. The van der Waals surface area contributed by atoms with E-state index in [2.05, 4.69) is 92.6 Å². The molecule has 114 heavy (non-hydrogen) atoms. The number of aromatic carboxylic acids is 1. The molecular formula is C74H86B3BrF4ILiN12O18. The monoisotopic (exact) mass is 1750 g/mol. The molecule has 6 fully saturated rings. The number of carboxylic acid groups (broad SMARTS) is 1. The molecule has 6 aliphatic heterocycles. The minimum atomic E-state index is -1.32. The average molecular weight is 1750 g/mol. The average Bonchev–Trinajstić information content (AvgIpc) is 1.59. The molecule has 0 saturated carbocycles. The van der Waals surface area contributed by atoms with Crippen LogP contribution in [0, 0.1) is 23.3 Å². The second-order valence-electron chi connectivity index (χ2n) is 29.0. The molecule has 0 aliphatic carbocycles. The van der Waals surface area contributed by atoms with Crippen LogP contribution in [-0.2, 0) is 56.3 Å². The van der Waals surface area contributed by atoms with E-state index in [1.54, 1.807) is 18.5 Å². The summed E-state index contributed by atoms with van der Waals surface area (Å²) >= 11 is 5.53. The number of hydrogen-bond acceptors (Lipinski definition) is 29. The molecule has 0 bridgehead atoms. The molecule has 40 heteroatoms. The first-order valence-corrected chi connectivity index (χ1v) is 36.8. The predicted octanol–water partition coefficient (Wildman–Crippen LogP) is 7.70. The molecule has 30 nitrogen and oxygen atoms in total. The smallest absolute Gasteiger partial charge is 0.870 e. The summed E-state index contributed by atoms with van der Waals surface area (Å²) in [6.45, 7) is 28.2. The summed E-state index contributed by atoms with van der Waals surface area (Å²) in [7, 11) is 1.90. The Morgan fingerprint density at radius 3 is 0.991 bits per heavy atom. The van der Waals surface area contributed by atoms with E-state index in [0.29, 0.717) is 76.0 Å². The number of ether oxygens (including phenoxy) is 6. The molecule has 0 unspecified atom stereocenters. The topological polar surface area (TPSA) is 436 Å². The number of anilines is 4. The van der Waals surface area contributed by atoms with Crippen molar-refractivity contribution in [1.82, 2.24) is 39.9 Å². The van der Waals surface area contributed by atoms with E-state index in [9.17, 15) is 36.7 Å². The second-order valence-corrected chi connectivity index (χ2v) is 31.6. The Labute approximate surface area is 690 Å². The number of methoxy groups -OCH3 is 3. The molecule has 4 aromatic heterocycles. The van der Waals surface area contributed by atoms with Crippen LogP contribution in [-0.4, -0.2) is 194 Å². The van der Waals surface area contributed by atoms with Crippen LogP contribution in [0.1, 0.15) is 148 Å². The summed E-state index contributed by atoms with van der Waals surface area (Å²) in [6.07, 6.45) is 6.09. The van der Waals surface area contributed by atoms with Crippen LogP contribution in [0.2, 0.25) is 0 Å². The number of carbonyl (C=O) groups is 4. The third-order valence-corrected chi connectivity index (χ3v) is 20.7. The molecule has 6 aliphatic rings. The van der Waals surface area contributed by atoms with Gasteiger partial charge in [0, 0.05) is 40.3 Å². The van der Waals surface area contributed by atoms with E-state index in [4.69, 9.17) is 70.2 Å². The largest absolute Gasteiger partial charge is 1.00 e. The van der Waals surface area contributed by atoms with E-state index >= 15 is 0 Å². The van der Waals surface area contributed by atoms with Crippen molar-refractivity contribution in [2.75, 3.05) is 83.9 Å². The van der Waals surface area contributed by atoms with E-state index in [-0.39, 0.29) is 104 Å². The van der Waals surface area contributed by atoms with Crippen molar-refractivity contribution in [3.05, 3.63) is 159 Å². The zero-order valence-corrected chi connectivity index (χ0v) is 69.3. The van der Waals surface area contributed by atoms with E-state index in [1.165, 1.54) is 94.4 Å². The fourth-order valence-corrected chi connectivity index (χ4v) is 11.4. The van der Waals surface area contributed by atoms with E-state index in [1.807, 2.05) is 83.1 Å². The summed E-state index contributed by atoms with van der Waals surface area (Å²) in [5.74, 6) is -5.49. The number of carbonyl (C=O) groups excluding carboxylic acids is 3. The summed E-state index contributed by atoms with van der Waals surface area (Å²) in [6, 6.07) is 15.9. The summed E-state index contributed by atoms with van der Waals surface area (Å²) in [5, 5.41) is 8.83. The van der Waals surface area contributed by atoms with Crippen LogP contribution in [0.25, 0.3) is 45.0 Å². The van der Waals surface area contributed by atoms with Gasteiger partial charge in [0.05, 0.1) is 156 Å². The molecule has 4 aromatic carbocycles. The van der Waals surface area contributed by atoms with Crippen LogP contribution >= 0.6 is 38.5 Å². The van der Waals surface area contributed by atoms with Gasteiger partial charge in [-0.1, -0.05) is 46.9 Å². The molecule has 8 aromatic rings. The minimum absolute atomic E-state index is 0. The molecule has 0 radical (unpaired) electrons. The molecule has 602 valence electrons. The Morgan fingerprint density at radius 2 is 0.719 bits per heavy atom. The van der Waals surface area contributed by atoms with Gasteiger partial charge in [0.1, 0.15) is 73.9 Å². The zero-order valence-electron chi connectivity index (χ0n) is 65.5. The fourth-order valence-electron chi connectivity index (χ4n) is 10.6. The van der Waals surface area contributed by atoms with Crippen molar-refractivity contribution in [3.63, 3.8) is 0 Å². The summed E-state index contributed by atoms with van der Waals surface area (Å²) < 4.78 is 122. The van der Waals surface area contributed by atoms with Gasteiger partial charge in [-0.2, -0.15) is 0 Å². The van der Waals surface area contributed by atoms with Crippen molar-refractivity contribution >= 4 is 112 Å². The summed E-state index contributed by atoms with van der Waals surface area (Å²) in [5.41, 5.74) is 24.8. The number of benzene rings is 4. The Bertz CT molecular complexity index is 4730. The third kappa shape index (κ3) is 21.6. The SMILES string of the molecule is CC1(C)OB(B2OC(C)(C)C(C)(C)O2)OC1(C)C.COC(=O)c1ccc(-c2nc(B3OC(C)(C)C(C)(C)O3)cnc2N)cc1F.COC(=O)c1ccc(-c2nc(Br)cnc2N)cc1F.COC(=O)c1ccc(-c2nc(C3COC3)cnc2N)cc1F.IC1COC1.Nc1ncc(C2COC2)nc1-c1ccc(C(=O)O)c(F)c1.[Li+].[OH-]. The zero-order chi connectivity index (χ0) is 82.3. The van der Waals surface area contributed by atoms with Gasteiger partial charge in [-0.25, -0.2) is 71.6 Å².